The monoisotopic (exact) mass is 126 g/mol. The summed E-state index contributed by atoms with van der Waals surface area (Å²) in [6.45, 7) is 3.39. The van der Waals surface area contributed by atoms with Gasteiger partial charge in [0.15, 0.2) is 0 Å². The van der Waals surface area contributed by atoms with Crippen LogP contribution in [-0.4, -0.2) is 12.7 Å². The molecule has 1 nitrogen and oxygen atoms in total. The molecule has 2 aliphatic rings. The second-order valence-corrected chi connectivity index (χ2v) is 3.66. The largest absolute Gasteiger partial charge is 0.378 e. The van der Waals surface area contributed by atoms with E-state index >= 15 is 0 Å². The van der Waals surface area contributed by atoms with Gasteiger partial charge in [-0.15, -0.1) is 0 Å². The van der Waals surface area contributed by atoms with Gasteiger partial charge in [-0.2, -0.15) is 0 Å². The van der Waals surface area contributed by atoms with Crippen LogP contribution in [-0.2, 0) is 4.74 Å². The highest BCUT2D eigenvalue weighted by Gasteiger charge is 2.43. The van der Waals surface area contributed by atoms with Crippen LogP contribution in [0.4, 0.5) is 0 Å². The first kappa shape index (κ1) is 5.72. The molecule has 2 fully saturated rings. The molecule has 0 aromatic rings. The Balaban J connectivity index is 2.17. The summed E-state index contributed by atoms with van der Waals surface area (Å²) in [6, 6.07) is 0. The molecule has 1 heterocycles. The number of fused-ring (bicyclic) bond motifs is 1. The summed E-state index contributed by atoms with van der Waals surface area (Å²) >= 11 is 0. The number of hydrogen-bond donors (Lipinski definition) is 0. The van der Waals surface area contributed by atoms with Crippen molar-refractivity contribution in [2.75, 3.05) is 6.61 Å². The molecule has 0 amide bonds. The first-order valence-corrected chi connectivity index (χ1v) is 3.93. The minimum atomic E-state index is 0.583. The van der Waals surface area contributed by atoms with E-state index in [0.717, 1.165) is 6.61 Å². The van der Waals surface area contributed by atoms with Gasteiger partial charge >= 0.3 is 0 Å². The fraction of sp³-hybridized carbons (Fsp3) is 1.00. The molecule has 0 radical (unpaired) electrons. The Morgan fingerprint density at radius 2 is 2.33 bits per heavy atom. The van der Waals surface area contributed by atoms with Gasteiger partial charge in [-0.1, -0.05) is 13.3 Å². The van der Waals surface area contributed by atoms with E-state index in [1.54, 1.807) is 0 Å². The highest BCUT2D eigenvalue weighted by molar-refractivity contribution is 4.92. The fourth-order valence-corrected chi connectivity index (χ4v) is 2.21. The van der Waals surface area contributed by atoms with Crippen molar-refractivity contribution in [2.24, 2.45) is 5.41 Å². The van der Waals surface area contributed by atoms with Crippen LogP contribution in [0, 0.1) is 5.41 Å². The Morgan fingerprint density at radius 1 is 1.44 bits per heavy atom. The third kappa shape index (κ3) is 0.710. The maximum Gasteiger partial charge on any atom is 0.0629 e. The van der Waals surface area contributed by atoms with Crippen molar-refractivity contribution in [1.82, 2.24) is 0 Å². The summed E-state index contributed by atoms with van der Waals surface area (Å²) in [5.41, 5.74) is 0.583. The summed E-state index contributed by atoms with van der Waals surface area (Å²) in [6.07, 6.45) is 6.03. The predicted octanol–water partition coefficient (Wildman–Crippen LogP) is 1.97. The molecule has 1 unspecified atom stereocenters. The average Bonchev–Trinajstić information content (AvgIpc) is 2.22. The van der Waals surface area contributed by atoms with E-state index in [2.05, 4.69) is 6.92 Å². The van der Waals surface area contributed by atoms with Gasteiger partial charge in [0.25, 0.3) is 0 Å². The van der Waals surface area contributed by atoms with Crippen LogP contribution in [0.3, 0.4) is 0 Å². The van der Waals surface area contributed by atoms with Crippen molar-refractivity contribution < 1.29 is 4.74 Å². The minimum Gasteiger partial charge on any atom is -0.378 e. The van der Waals surface area contributed by atoms with Crippen molar-refractivity contribution in [3.8, 4) is 0 Å². The van der Waals surface area contributed by atoms with Crippen molar-refractivity contribution in [3.05, 3.63) is 0 Å². The number of rotatable bonds is 0. The first-order chi connectivity index (χ1) is 4.31. The molecule has 1 aliphatic carbocycles. The second kappa shape index (κ2) is 1.72. The summed E-state index contributed by atoms with van der Waals surface area (Å²) in [4.78, 5) is 0. The van der Waals surface area contributed by atoms with E-state index in [-0.39, 0.29) is 0 Å². The molecule has 52 valence electrons. The summed E-state index contributed by atoms with van der Waals surface area (Å²) < 4.78 is 5.58. The standard InChI is InChI=1S/C8H14O/c1-8-4-2-3-7(8)9-6-5-8/h7H,2-6H2,1H3/t7-,8?/m1/s1. The first-order valence-electron chi connectivity index (χ1n) is 3.93. The van der Waals surface area contributed by atoms with Gasteiger partial charge in [-0.25, -0.2) is 0 Å². The summed E-state index contributed by atoms with van der Waals surface area (Å²) in [5.74, 6) is 0. The maximum atomic E-state index is 5.58. The molecule has 0 aromatic carbocycles. The van der Waals surface area contributed by atoms with Gasteiger partial charge in [0, 0.05) is 6.61 Å². The van der Waals surface area contributed by atoms with Crippen LogP contribution in [0.2, 0.25) is 0 Å². The third-order valence-electron chi connectivity index (χ3n) is 2.98. The number of ether oxygens (including phenoxy) is 1. The molecule has 2 atom stereocenters. The van der Waals surface area contributed by atoms with E-state index in [1.165, 1.54) is 25.7 Å². The topological polar surface area (TPSA) is 9.23 Å². The highest BCUT2D eigenvalue weighted by atomic mass is 16.5. The minimum absolute atomic E-state index is 0.583. The predicted molar refractivity (Wildman–Crippen MR) is 36.3 cm³/mol. The van der Waals surface area contributed by atoms with Gasteiger partial charge in [-0.05, 0) is 24.7 Å². The molecule has 0 spiro atoms. The average molecular weight is 126 g/mol. The van der Waals surface area contributed by atoms with Crippen LogP contribution in [0.5, 0.6) is 0 Å². The molecule has 9 heavy (non-hydrogen) atoms. The third-order valence-corrected chi connectivity index (χ3v) is 2.98. The molecule has 0 N–H and O–H groups in total. The Bertz CT molecular complexity index is 110. The van der Waals surface area contributed by atoms with Crippen LogP contribution in [0.15, 0.2) is 0 Å². The molecular formula is C8H14O. The van der Waals surface area contributed by atoms with Crippen molar-refractivity contribution in [1.29, 1.82) is 0 Å². The van der Waals surface area contributed by atoms with Gasteiger partial charge in [0.2, 0.25) is 0 Å². The lowest BCUT2D eigenvalue weighted by molar-refractivity contribution is 0.0772. The second-order valence-electron chi connectivity index (χ2n) is 3.66. The molecule has 1 saturated carbocycles. The van der Waals surface area contributed by atoms with Crippen LogP contribution in [0.1, 0.15) is 32.6 Å². The fourth-order valence-electron chi connectivity index (χ4n) is 2.21. The Kier molecular flexibility index (Phi) is 1.10. The van der Waals surface area contributed by atoms with E-state index in [9.17, 15) is 0 Å². The van der Waals surface area contributed by atoms with Gasteiger partial charge in [-0.3, -0.25) is 0 Å². The zero-order chi connectivity index (χ0) is 6.32. The maximum absolute atomic E-state index is 5.58. The van der Waals surface area contributed by atoms with E-state index < -0.39 is 0 Å². The lowest BCUT2D eigenvalue weighted by Crippen LogP contribution is -2.20. The van der Waals surface area contributed by atoms with Crippen LogP contribution < -0.4 is 0 Å². The van der Waals surface area contributed by atoms with Crippen molar-refractivity contribution in [3.63, 3.8) is 0 Å². The molecule has 1 heteroatoms. The van der Waals surface area contributed by atoms with Gasteiger partial charge in [0.1, 0.15) is 0 Å². The lowest BCUT2D eigenvalue weighted by atomic mass is 9.86. The molecule has 2 rings (SSSR count). The number of hydrogen-bond acceptors (Lipinski definition) is 1. The Hall–Kier alpha value is -0.0400. The van der Waals surface area contributed by atoms with Gasteiger partial charge < -0.3 is 4.74 Å². The highest BCUT2D eigenvalue weighted by Crippen LogP contribution is 2.46. The van der Waals surface area contributed by atoms with Crippen LogP contribution in [0.25, 0.3) is 0 Å². The molecule has 0 aromatic heterocycles. The Labute approximate surface area is 56.4 Å². The smallest absolute Gasteiger partial charge is 0.0629 e. The van der Waals surface area contributed by atoms with Crippen LogP contribution >= 0.6 is 0 Å². The zero-order valence-electron chi connectivity index (χ0n) is 6.02. The van der Waals surface area contributed by atoms with E-state index in [4.69, 9.17) is 4.74 Å². The summed E-state index contributed by atoms with van der Waals surface area (Å²) in [5, 5.41) is 0. The Morgan fingerprint density at radius 3 is 3.11 bits per heavy atom. The normalized spacial score (nSPS) is 49.7. The van der Waals surface area contributed by atoms with Crippen molar-refractivity contribution in [2.45, 2.75) is 38.7 Å². The lowest BCUT2D eigenvalue weighted by Gasteiger charge is -2.20. The molecule has 1 aliphatic heterocycles. The van der Waals surface area contributed by atoms with Gasteiger partial charge in [0.05, 0.1) is 6.10 Å². The zero-order valence-corrected chi connectivity index (χ0v) is 6.02. The quantitative estimate of drug-likeness (QED) is 0.482. The molecule has 1 saturated heterocycles. The summed E-state index contributed by atoms with van der Waals surface area (Å²) in [7, 11) is 0. The SMILES string of the molecule is CC12CCC[C@H]1OCC2. The van der Waals surface area contributed by atoms with Crippen molar-refractivity contribution >= 4 is 0 Å². The van der Waals surface area contributed by atoms with E-state index in [1.807, 2.05) is 0 Å². The molecular weight excluding hydrogens is 112 g/mol. The molecule has 0 bridgehead atoms. The van der Waals surface area contributed by atoms with E-state index in [0.29, 0.717) is 11.5 Å².